The predicted octanol–water partition coefficient (Wildman–Crippen LogP) is 3.71. The number of aromatic nitrogens is 2. The standard InChI is InChI=1S/C22H29N5O2S/c1-3-30(28,29)26-22-11-17(7-6-16(22)2)14-27-10-4-5-20(15-27)24-19-8-9-21-18(12-19)13-23-25-21/h6-9,11-13,20,24,26H,3-5,10,14-15H2,1-2H3,(H,23,25)/t20-/m1/s1. The second kappa shape index (κ2) is 8.65. The zero-order valence-corrected chi connectivity index (χ0v) is 18.3. The number of nitrogens with one attached hydrogen (secondary N) is 3. The normalized spacial score (nSPS) is 17.9. The Morgan fingerprint density at radius 2 is 2.10 bits per heavy atom. The lowest BCUT2D eigenvalue weighted by atomic mass is 10.0. The first-order valence-corrected chi connectivity index (χ1v) is 12.1. The molecule has 1 aromatic heterocycles. The molecule has 0 aliphatic carbocycles. The van der Waals surface area contributed by atoms with E-state index >= 15 is 0 Å². The molecule has 0 bridgehead atoms. The number of sulfonamides is 1. The fraction of sp³-hybridized carbons (Fsp3) is 0.409. The van der Waals surface area contributed by atoms with Crippen molar-refractivity contribution in [2.45, 2.75) is 39.3 Å². The van der Waals surface area contributed by atoms with Crippen LogP contribution < -0.4 is 10.0 Å². The number of rotatable bonds is 7. The molecule has 0 unspecified atom stereocenters. The van der Waals surface area contributed by atoms with Crippen LogP contribution in [0.1, 0.15) is 30.9 Å². The minimum absolute atomic E-state index is 0.0702. The predicted molar refractivity (Wildman–Crippen MR) is 122 cm³/mol. The van der Waals surface area contributed by atoms with Crippen molar-refractivity contribution in [2.24, 2.45) is 0 Å². The molecule has 0 amide bonds. The molecule has 3 N–H and O–H groups in total. The summed E-state index contributed by atoms with van der Waals surface area (Å²) in [4.78, 5) is 2.43. The summed E-state index contributed by atoms with van der Waals surface area (Å²) in [6.45, 7) is 6.37. The van der Waals surface area contributed by atoms with Crippen LogP contribution in [-0.2, 0) is 16.6 Å². The van der Waals surface area contributed by atoms with Gasteiger partial charge < -0.3 is 5.32 Å². The van der Waals surface area contributed by atoms with Gasteiger partial charge in [0, 0.05) is 30.2 Å². The van der Waals surface area contributed by atoms with Crippen LogP contribution >= 0.6 is 0 Å². The maximum Gasteiger partial charge on any atom is 0.232 e. The van der Waals surface area contributed by atoms with E-state index in [-0.39, 0.29) is 5.75 Å². The third kappa shape index (κ3) is 4.94. The van der Waals surface area contributed by atoms with Gasteiger partial charge in [0.15, 0.2) is 0 Å². The Morgan fingerprint density at radius 3 is 2.93 bits per heavy atom. The minimum Gasteiger partial charge on any atom is -0.381 e. The van der Waals surface area contributed by atoms with Gasteiger partial charge >= 0.3 is 0 Å². The number of aromatic amines is 1. The summed E-state index contributed by atoms with van der Waals surface area (Å²) in [5.41, 5.74) is 4.88. The maximum atomic E-state index is 12.0. The van der Waals surface area contributed by atoms with Crippen LogP contribution in [0.2, 0.25) is 0 Å². The molecule has 8 heteroatoms. The van der Waals surface area contributed by atoms with Crippen molar-refractivity contribution in [1.29, 1.82) is 0 Å². The molecular weight excluding hydrogens is 398 g/mol. The number of piperidine rings is 1. The van der Waals surface area contributed by atoms with E-state index in [2.05, 4.69) is 49.4 Å². The van der Waals surface area contributed by atoms with E-state index < -0.39 is 10.0 Å². The molecule has 1 aliphatic heterocycles. The van der Waals surface area contributed by atoms with Gasteiger partial charge in [0.25, 0.3) is 0 Å². The van der Waals surface area contributed by atoms with Crippen LogP contribution in [0.5, 0.6) is 0 Å². The van der Waals surface area contributed by atoms with E-state index in [1.54, 1.807) is 6.92 Å². The van der Waals surface area contributed by atoms with Crippen molar-refractivity contribution >= 4 is 32.3 Å². The van der Waals surface area contributed by atoms with Crippen molar-refractivity contribution in [3.63, 3.8) is 0 Å². The van der Waals surface area contributed by atoms with Crippen LogP contribution in [-0.4, -0.2) is 48.4 Å². The number of anilines is 2. The van der Waals surface area contributed by atoms with Gasteiger partial charge in [-0.2, -0.15) is 5.10 Å². The number of benzene rings is 2. The molecule has 0 radical (unpaired) electrons. The van der Waals surface area contributed by atoms with Crippen molar-refractivity contribution in [1.82, 2.24) is 15.1 Å². The van der Waals surface area contributed by atoms with Gasteiger partial charge in [-0.05, 0) is 68.6 Å². The Hall–Kier alpha value is -2.58. The Labute approximate surface area is 177 Å². The van der Waals surface area contributed by atoms with E-state index in [1.165, 1.54) is 0 Å². The molecule has 1 fully saturated rings. The zero-order chi connectivity index (χ0) is 21.1. The third-order valence-corrected chi connectivity index (χ3v) is 6.96. The van der Waals surface area contributed by atoms with Gasteiger partial charge in [-0.25, -0.2) is 8.42 Å². The smallest absolute Gasteiger partial charge is 0.232 e. The number of hydrogen-bond donors (Lipinski definition) is 3. The van der Waals surface area contributed by atoms with Crippen LogP contribution in [0.3, 0.4) is 0 Å². The van der Waals surface area contributed by atoms with E-state index in [1.807, 2.05) is 25.3 Å². The SMILES string of the molecule is CCS(=O)(=O)Nc1cc(CN2CCC[C@@H](Nc3ccc4[nH]ncc4c3)C2)ccc1C. The van der Waals surface area contributed by atoms with E-state index in [9.17, 15) is 8.42 Å². The molecule has 7 nitrogen and oxygen atoms in total. The topological polar surface area (TPSA) is 90.1 Å². The fourth-order valence-electron chi connectivity index (χ4n) is 3.96. The van der Waals surface area contributed by atoms with Crippen molar-refractivity contribution in [3.8, 4) is 0 Å². The summed E-state index contributed by atoms with van der Waals surface area (Å²) in [5, 5.41) is 11.8. The van der Waals surface area contributed by atoms with E-state index in [4.69, 9.17) is 0 Å². The molecule has 30 heavy (non-hydrogen) atoms. The number of H-pyrrole nitrogens is 1. The molecule has 4 rings (SSSR count). The van der Waals surface area contributed by atoms with Crippen LogP contribution in [0.15, 0.2) is 42.6 Å². The number of likely N-dealkylation sites (tertiary alicyclic amines) is 1. The highest BCUT2D eigenvalue weighted by Crippen LogP contribution is 2.23. The first-order valence-electron chi connectivity index (χ1n) is 10.4. The van der Waals surface area contributed by atoms with Crippen LogP contribution in [0.4, 0.5) is 11.4 Å². The Bertz CT molecular complexity index is 1130. The molecule has 1 atom stereocenters. The second-order valence-electron chi connectivity index (χ2n) is 8.05. The summed E-state index contributed by atoms with van der Waals surface area (Å²) in [7, 11) is -3.28. The van der Waals surface area contributed by atoms with Crippen molar-refractivity contribution < 1.29 is 8.42 Å². The lowest BCUT2D eigenvalue weighted by molar-refractivity contribution is 0.208. The van der Waals surface area contributed by atoms with Gasteiger partial charge in [0.2, 0.25) is 10.0 Å². The first kappa shape index (κ1) is 20.7. The van der Waals surface area contributed by atoms with Crippen LogP contribution in [0.25, 0.3) is 10.9 Å². The summed E-state index contributed by atoms with van der Waals surface area (Å²) in [6.07, 6.45) is 4.11. The molecule has 0 saturated carbocycles. The Morgan fingerprint density at radius 1 is 1.23 bits per heavy atom. The van der Waals surface area contributed by atoms with Gasteiger partial charge in [0.05, 0.1) is 23.2 Å². The number of fused-ring (bicyclic) bond motifs is 1. The minimum atomic E-state index is -3.28. The second-order valence-corrected chi connectivity index (χ2v) is 10.1. The Kier molecular flexibility index (Phi) is 5.97. The summed E-state index contributed by atoms with van der Waals surface area (Å²) in [5.74, 6) is 0.0702. The van der Waals surface area contributed by atoms with Crippen molar-refractivity contribution in [2.75, 3.05) is 28.9 Å². The molecule has 1 saturated heterocycles. The Balaban J connectivity index is 1.41. The van der Waals surface area contributed by atoms with Crippen molar-refractivity contribution in [3.05, 3.63) is 53.7 Å². The highest BCUT2D eigenvalue weighted by Gasteiger charge is 2.20. The highest BCUT2D eigenvalue weighted by atomic mass is 32.2. The lowest BCUT2D eigenvalue weighted by Gasteiger charge is -2.34. The number of aryl methyl sites for hydroxylation is 1. The maximum absolute atomic E-state index is 12.0. The van der Waals surface area contributed by atoms with Gasteiger partial charge in [0.1, 0.15) is 0 Å². The van der Waals surface area contributed by atoms with Gasteiger partial charge in [-0.3, -0.25) is 14.7 Å². The lowest BCUT2D eigenvalue weighted by Crippen LogP contribution is -2.41. The average molecular weight is 428 g/mol. The fourth-order valence-corrected chi connectivity index (χ4v) is 4.66. The molecule has 2 heterocycles. The number of nitrogens with zero attached hydrogens (tertiary/aromatic N) is 2. The molecule has 2 aromatic carbocycles. The first-order chi connectivity index (χ1) is 14.4. The third-order valence-electron chi connectivity index (χ3n) is 5.67. The van der Waals surface area contributed by atoms with Gasteiger partial charge in [-0.1, -0.05) is 12.1 Å². The van der Waals surface area contributed by atoms with E-state index in [0.717, 1.165) is 60.2 Å². The summed E-state index contributed by atoms with van der Waals surface area (Å²) < 4.78 is 26.6. The van der Waals surface area contributed by atoms with E-state index in [0.29, 0.717) is 11.7 Å². The molecule has 160 valence electrons. The van der Waals surface area contributed by atoms with Gasteiger partial charge in [-0.15, -0.1) is 0 Å². The molecular formula is C22H29N5O2S. The molecule has 0 spiro atoms. The monoisotopic (exact) mass is 427 g/mol. The molecule has 1 aliphatic rings. The largest absolute Gasteiger partial charge is 0.381 e. The average Bonchev–Trinajstić information content (AvgIpc) is 3.18. The zero-order valence-electron chi connectivity index (χ0n) is 17.5. The molecule has 3 aromatic rings. The quantitative estimate of drug-likeness (QED) is 0.535. The number of hydrogen-bond acceptors (Lipinski definition) is 5. The van der Waals surface area contributed by atoms with Crippen LogP contribution in [0, 0.1) is 6.92 Å². The summed E-state index contributed by atoms with van der Waals surface area (Å²) in [6, 6.07) is 12.7. The highest BCUT2D eigenvalue weighted by molar-refractivity contribution is 7.92. The summed E-state index contributed by atoms with van der Waals surface area (Å²) >= 11 is 0.